The Hall–Kier alpha value is -4.83. The molecule has 0 bridgehead atoms. The highest BCUT2D eigenvalue weighted by atomic mass is 19.1. The first-order chi connectivity index (χ1) is 17.0. The first kappa shape index (κ1) is 22.0. The van der Waals surface area contributed by atoms with Gasteiger partial charge in [-0.3, -0.25) is 9.08 Å². The van der Waals surface area contributed by atoms with E-state index in [1.54, 1.807) is 35.3 Å². The predicted octanol–water partition coefficient (Wildman–Crippen LogP) is 5.74. The van der Waals surface area contributed by atoms with Gasteiger partial charge in [0.05, 0.1) is 29.5 Å². The Balaban J connectivity index is 1.42. The minimum absolute atomic E-state index is 0.328. The number of nitrogens with zero attached hydrogens (tertiary/aromatic N) is 4. The number of pyridine rings is 1. The van der Waals surface area contributed by atoms with Crippen molar-refractivity contribution in [2.24, 2.45) is 7.05 Å². The number of para-hydroxylation sites is 1. The second-order valence-corrected chi connectivity index (χ2v) is 8.15. The van der Waals surface area contributed by atoms with E-state index >= 15 is 0 Å². The third-order valence-corrected chi connectivity index (χ3v) is 5.59. The van der Waals surface area contributed by atoms with E-state index in [0.717, 1.165) is 39.4 Å². The monoisotopic (exact) mass is 462 g/mol. The summed E-state index contributed by atoms with van der Waals surface area (Å²) in [5, 5.41) is 10.6. The van der Waals surface area contributed by atoms with Crippen molar-refractivity contribution >= 4 is 28.4 Å². The molecule has 3 aromatic heterocycles. The van der Waals surface area contributed by atoms with Crippen LogP contribution < -0.4 is 10.6 Å². The molecular weight excluding hydrogens is 439 g/mol. The second-order valence-electron chi connectivity index (χ2n) is 8.15. The van der Waals surface area contributed by atoms with Crippen molar-refractivity contribution in [2.45, 2.75) is 6.92 Å². The molecule has 5 rings (SSSR count). The van der Waals surface area contributed by atoms with Gasteiger partial charge in [-0.05, 0) is 54.3 Å². The van der Waals surface area contributed by atoms with Crippen molar-refractivity contribution in [1.29, 1.82) is 0 Å². The van der Waals surface area contributed by atoms with Gasteiger partial charge in [-0.25, -0.2) is 9.37 Å². The molecule has 0 aliphatic rings. The summed E-state index contributed by atoms with van der Waals surface area (Å²) in [4.78, 5) is 4.57. The average molecular weight is 463 g/mol. The van der Waals surface area contributed by atoms with Gasteiger partial charge in [0.2, 0.25) is 0 Å². The molecule has 3 heterocycles. The quantitative estimate of drug-likeness (QED) is 0.327. The van der Waals surface area contributed by atoms with Crippen LogP contribution in [0, 0.1) is 24.6 Å². The molecule has 7 heteroatoms. The Bertz CT molecular complexity index is 1620. The second kappa shape index (κ2) is 9.20. The number of halogens is 1. The summed E-state index contributed by atoms with van der Waals surface area (Å²) in [6, 6.07) is 16.3. The lowest BCUT2D eigenvalue weighted by Crippen LogP contribution is -2.00. The first-order valence-electron chi connectivity index (χ1n) is 11.0. The molecule has 6 nitrogen and oxygen atoms in total. The van der Waals surface area contributed by atoms with Crippen molar-refractivity contribution in [3.8, 4) is 11.8 Å². The van der Waals surface area contributed by atoms with Gasteiger partial charge < -0.3 is 10.6 Å². The van der Waals surface area contributed by atoms with E-state index in [9.17, 15) is 4.39 Å². The Kier molecular flexibility index (Phi) is 5.78. The number of rotatable bonds is 5. The van der Waals surface area contributed by atoms with Gasteiger partial charge in [0.25, 0.3) is 0 Å². The highest BCUT2D eigenvalue weighted by molar-refractivity contribution is 5.77. The number of hydrogen-bond donors (Lipinski definition) is 2. The number of aromatic nitrogens is 4. The lowest BCUT2D eigenvalue weighted by Gasteiger charge is -2.11. The Morgan fingerprint density at radius 3 is 2.66 bits per heavy atom. The van der Waals surface area contributed by atoms with Crippen LogP contribution in [0.2, 0.25) is 0 Å². The summed E-state index contributed by atoms with van der Waals surface area (Å²) in [5.74, 6) is 6.18. The maximum absolute atomic E-state index is 14.0. The zero-order chi connectivity index (χ0) is 24.4. The van der Waals surface area contributed by atoms with E-state index in [0.29, 0.717) is 11.4 Å². The molecule has 2 N–H and O–H groups in total. The van der Waals surface area contributed by atoms with Crippen molar-refractivity contribution < 1.29 is 4.39 Å². The van der Waals surface area contributed by atoms with Crippen molar-refractivity contribution in [3.05, 3.63) is 114 Å². The van der Waals surface area contributed by atoms with Gasteiger partial charge in [-0.2, -0.15) is 5.10 Å². The lowest BCUT2D eigenvalue weighted by molar-refractivity contribution is 0.632. The van der Waals surface area contributed by atoms with E-state index in [1.165, 1.54) is 6.07 Å². The van der Waals surface area contributed by atoms with Crippen LogP contribution in [-0.2, 0) is 7.05 Å². The van der Waals surface area contributed by atoms with Crippen LogP contribution in [0.5, 0.6) is 0 Å². The minimum Gasteiger partial charge on any atom is -0.353 e. The number of imidazole rings is 1. The van der Waals surface area contributed by atoms with E-state index < -0.39 is 0 Å². The molecule has 0 amide bonds. The molecule has 0 radical (unpaired) electrons. The molecule has 0 aliphatic carbocycles. The largest absolute Gasteiger partial charge is 0.353 e. The van der Waals surface area contributed by atoms with Crippen LogP contribution in [0.1, 0.15) is 22.4 Å². The van der Waals surface area contributed by atoms with Gasteiger partial charge in [-0.15, -0.1) is 0 Å². The number of anilines is 3. The molecule has 0 spiro atoms. The van der Waals surface area contributed by atoms with Gasteiger partial charge in [0.15, 0.2) is 5.65 Å². The van der Waals surface area contributed by atoms with Crippen LogP contribution in [0.25, 0.3) is 11.3 Å². The molecule has 0 atom stereocenters. The number of nitrogens with one attached hydrogen (secondary N) is 2. The molecule has 0 unspecified atom stereocenters. The Labute approximate surface area is 202 Å². The third kappa shape index (κ3) is 4.63. The fourth-order valence-electron chi connectivity index (χ4n) is 3.72. The summed E-state index contributed by atoms with van der Waals surface area (Å²) in [6.07, 6.45) is 7.36. The first-order valence-corrected chi connectivity index (χ1v) is 11.0. The topological polar surface area (TPSA) is 59.2 Å². The molecule has 2 aromatic carbocycles. The molecule has 0 fully saturated rings. The van der Waals surface area contributed by atoms with Crippen molar-refractivity contribution in [1.82, 2.24) is 19.2 Å². The Morgan fingerprint density at radius 2 is 1.86 bits per heavy atom. The van der Waals surface area contributed by atoms with E-state index in [-0.39, 0.29) is 5.82 Å². The molecule has 35 heavy (non-hydrogen) atoms. The van der Waals surface area contributed by atoms with Crippen LogP contribution in [-0.4, -0.2) is 19.2 Å². The van der Waals surface area contributed by atoms with E-state index in [1.807, 2.05) is 61.1 Å². The molecule has 0 aliphatic heterocycles. The van der Waals surface area contributed by atoms with Crippen LogP contribution in [0.15, 0.2) is 86.0 Å². The summed E-state index contributed by atoms with van der Waals surface area (Å²) in [7, 11) is 1.87. The fourth-order valence-corrected chi connectivity index (χ4v) is 3.72. The zero-order valence-corrected chi connectivity index (χ0v) is 19.4. The van der Waals surface area contributed by atoms with Crippen molar-refractivity contribution in [2.75, 3.05) is 10.6 Å². The summed E-state index contributed by atoms with van der Waals surface area (Å²) >= 11 is 0. The van der Waals surface area contributed by atoms with Gasteiger partial charge in [-0.1, -0.05) is 36.8 Å². The molecule has 0 saturated heterocycles. The van der Waals surface area contributed by atoms with Gasteiger partial charge >= 0.3 is 0 Å². The normalized spacial score (nSPS) is 10.6. The van der Waals surface area contributed by atoms with E-state index in [2.05, 4.69) is 39.1 Å². The summed E-state index contributed by atoms with van der Waals surface area (Å²) < 4.78 is 17.7. The standard InChI is InChI=1S/C28H23FN6/c1-19-10-11-22(20(2)32-26-8-5-4-7-25(26)29)15-21(19)12-13-24-17-30-28-27(9-6-14-35(24)28)33-23-16-31-34(3)18-23/h4-11,14-18,32-33H,2H2,1,3H3. The zero-order valence-electron chi connectivity index (χ0n) is 19.4. The Morgan fingerprint density at radius 1 is 1.03 bits per heavy atom. The number of benzene rings is 2. The summed E-state index contributed by atoms with van der Waals surface area (Å²) in [6.45, 7) is 6.08. The van der Waals surface area contributed by atoms with Crippen LogP contribution in [0.4, 0.5) is 21.5 Å². The highest BCUT2D eigenvalue weighted by Gasteiger charge is 2.08. The highest BCUT2D eigenvalue weighted by Crippen LogP contribution is 2.23. The average Bonchev–Trinajstić information content (AvgIpc) is 3.46. The van der Waals surface area contributed by atoms with Gasteiger partial charge in [0, 0.05) is 30.7 Å². The third-order valence-electron chi connectivity index (χ3n) is 5.59. The predicted molar refractivity (Wildman–Crippen MR) is 138 cm³/mol. The fraction of sp³-hybridized carbons (Fsp3) is 0.0714. The summed E-state index contributed by atoms with van der Waals surface area (Å²) in [5.41, 5.74) is 6.99. The van der Waals surface area contributed by atoms with Crippen LogP contribution >= 0.6 is 0 Å². The maximum atomic E-state index is 14.0. The number of hydrogen-bond acceptors (Lipinski definition) is 4. The SMILES string of the molecule is C=C(Nc1ccccc1F)c1ccc(C)c(C#Cc2cnc3c(Nc4cnn(C)c4)cccn23)c1. The minimum atomic E-state index is -0.328. The molecule has 172 valence electrons. The number of aryl methyl sites for hydroxylation is 2. The maximum Gasteiger partial charge on any atom is 0.161 e. The smallest absolute Gasteiger partial charge is 0.161 e. The lowest BCUT2D eigenvalue weighted by atomic mass is 10.0. The van der Waals surface area contributed by atoms with Gasteiger partial charge in [0.1, 0.15) is 11.5 Å². The number of fused-ring (bicyclic) bond motifs is 1. The molecular formula is C28H23FN6. The van der Waals surface area contributed by atoms with E-state index in [4.69, 9.17) is 0 Å². The molecule has 0 saturated carbocycles. The van der Waals surface area contributed by atoms with Crippen molar-refractivity contribution in [3.63, 3.8) is 0 Å². The van der Waals surface area contributed by atoms with Crippen LogP contribution in [0.3, 0.4) is 0 Å². The molecule has 5 aromatic rings.